The Morgan fingerprint density at radius 1 is 1.07 bits per heavy atom. The molecule has 0 spiro atoms. The second kappa shape index (κ2) is 8.49. The molecule has 0 bridgehead atoms. The molecule has 0 radical (unpaired) electrons. The normalized spacial score (nSPS) is 12.2. The average Bonchev–Trinajstić information content (AvgIpc) is 2.68. The number of ether oxygens (including phenoxy) is 1. The fraction of sp³-hybridized carbons (Fsp3) is 0.174. The molecule has 3 nitrogen and oxygen atoms in total. The van der Waals surface area contributed by atoms with E-state index in [9.17, 15) is 9.18 Å². The first-order valence-electron chi connectivity index (χ1n) is 9.55. The Hall–Kier alpha value is -3.14. The highest BCUT2D eigenvalue weighted by Gasteiger charge is 2.08. The van der Waals surface area contributed by atoms with E-state index in [0.717, 1.165) is 16.7 Å². The topological polar surface area (TPSA) is 46.5 Å². The van der Waals surface area contributed by atoms with E-state index < -0.39 is 12.3 Å². The number of rotatable bonds is 7. The fourth-order valence-corrected chi connectivity index (χ4v) is 2.74. The van der Waals surface area contributed by atoms with Gasteiger partial charge < -0.3 is 9.84 Å². The van der Waals surface area contributed by atoms with Crippen LogP contribution in [0.25, 0.3) is 11.1 Å². The van der Waals surface area contributed by atoms with E-state index >= 15 is 0 Å². The minimum atomic E-state index is -2.33. The van der Waals surface area contributed by atoms with Crippen molar-refractivity contribution in [3.63, 3.8) is 0 Å². The maximum Gasteiger partial charge on any atom is 0.303 e. The summed E-state index contributed by atoms with van der Waals surface area (Å²) in [5, 5.41) is 8.89. The van der Waals surface area contributed by atoms with Crippen LogP contribution in [0.5, 0.6) is 5.75 Å². The van der Waals surface area contributed by atoms with Crippen LogP contribution in [0, 0.1) is 12.7 Å². The molecule has 0 atom stereocenters. The Bertz CT molecular complexity index is 1000. The highest BCUT2D eigenvalue weighted by molar-refractivity contribution is 5.68. The third-order valence-corrected chi connectivity index (χ3v) is 4.19. The number of hydrogen-bond acceptors (Lipinski definition) is 2. The molecule has 0 heterocycles. The number of halogens is 1. The summed E-state index contributed by atoms with van der Waals surface area (Å²) in [4.78, 5) is 10.9. The monoisotopic (exact) mass is 366 g/mol. The summed E-state index contributed by atoms with van der Waals surface area (Å²) in [6.07, 6.45) is -2.56. The van der Waals surface area contributed by atoms with Crippen LogP contribution in [0.1, 0.15) is 25.8 Å². The van der Waals surface area contributed by atoms with Crippen LogP contribution in [-0.4, -0.2) is 11.1 Å². The fourth-order valence-electron chi connectivity index (χ4n) is 2.74. The molecule has 0 aliphatic heterocycles. The second-order valence-corrected chi connectivity index (χ2v) is 6.26. The molecule has 3 aromatic carbocycles. The number of carbonyl (C=O) groups is 1. The largest absolute Gasteiger partial charge is 0.489 e. The molecular formula is C23H21FO3. The van der Waals surface area contributed by atoms with Gasteiger partial charge in [0.2, 0.25) is 0 Å². The molecule has 27 heavy (non-hydrogen) atoms. The first kappa shape index (κ1) is 16.1. The van der Waals surface area contributed by atoms with Crippen LogP contribution in [0.3, 0.4) is 0 Å². The van der Waals surface area contributed by atoms with Crippen molar-refractivity contribution in [3.8, 4) is 16.9 Å². The number of carboxylic acids is 1. The van der Waals surface area contributed by atoms with E-state index in [2.05, 4.69) is 0 Å². The van der Waals surface area contributed by atoms with Crippen molar-refractivity contribution in [1.82, 2.24) is 0 Å². The van der Waals surface area contributed by atoms with Crippen molar-refractivity contribution in [3.05, 3.63) is 89.2 Å². The minimum absolute atomic E-state index is 0.163. The van der Waals surface area contributed by atoms with Crippen molar-refractivity contribution in [2.45, 2.75) is 26.3 Å². The van der Waals surface area contributed by atoms with E-state index in [4.69, 9.17) is 12.6 Å². The zero-order valence-corrected chi connectivity index (χ0v) is 14.9. The summed E-state index contributed by atoms with van der Waals surface area (Å²) in [7, 11) is 0. The molecular weight excluding hydrogens is 343 g/mol. The number of hydrogen-bond donors (Lipinski definition) is 1. The molecule has 1 N–H and O–H groups in total. The highest BCUT2D eigenvalue weighted by Crippen LogP contribution is 2.26. The van der Waals surface area contributed by atoms with Gasteiger partial charge in [0.1, 0.15) is 18.2 Å². The van der Waals surface area contributed by atoms with Gasteiger partial charge in [-0.05, 0) is 59.9 Å². The Morgan fingerprint density at radius 3 is 2.44 bits per heavy atom. The van der Waals surface area contributed by atoms with E-state index in [1.165, 1.54) is 12.1 Å². The van der Waals surface area contributed by atoms with Crippen LogP contribution in [-0.2, 0) is 17.8 Å². The quantitative estimate of drug-likeness (QED) is 0.609. The van der Waals surface area contributed by atoms with Gasteiger partial charge in [-0.15, -0.1) is 0 Å². The van der Waals surface area contributed by atoms with Gasteiger partial charge in [-0.25, -0.2) is 4.39 Å². The predicted molar refractivity (Wildman–Crippen MR) is 103 cm³/mol. The Balaban J connectivity index is 1.74. The zero-order chi connectivity index (χ0) is 21.0. The van der Waals surface area contributed by atoms with Crippen LogP contribution in [0.2, 0.25) is 0 Å². The maximum absolute atomic E-state index is 13.8. The van der Waals surface area contributed by atoms with Gasteiger partial charge in [-0.1, -0.05) is 48.0 Å². The van der Waals surface area contributed by atoms with E-state index in [-0.39, 0.29) is 18.8 Å². The smallest absolute Gasteiger partial charge is 0.303 e. The van der Waals surface area contributed by atoms with Gasteiger partial charge in [-0.3, -0.25) is 4.79 Å². The third-order valence-electron chi connectivity index (χ3n) is 4.19. The van der Waals surface area contributed by atoms with Gasteiger partial charge in [0.05, 0.1) is 0 Å². The molecule has 3 rings (SSSR count). The number of aryl methyl sites for hydroxylation is 2. The SMILES string of the molecule is [2H]C([2H])(Cc1ccc(OCc2cc(F)ccc2-c2ccc(C)cc2)cc1)C(=O)O. The minimum Gasteiger partial charge on any atom is -0.489 e. The lowest BCUT2D eigenvalue weighted by Crippen LogP contribution is -2.00. The molecule has 0 aliphatic rings. The van der Waals surface area contributed by atoms with Crippen LogP contribution in [0.15, 0.2) is 66.7 Å². The van der Waals surface area contributed by atoms with Gasteiger partial charge in [0.25, 0.3) is 0 Å². The Kier molecular flexibility index (Phi) is 5.05. The van der Waals surface area contributed by atoms with Gasteiger partial charge in [-0.2, -0.15) is 0 Å². The Labute approximate surface area is 160 Å². The first-order chi connectivity index (χ1) is 13.7. The lowest BCUT2D eigenvalue weighted by molar-refractivity contribution is -0.136. The molecule has 0 fully saturated rings. The van der Waals surface area contributed by atoms with E-state index in [0.29, 0.717) is 16.9 Å². The summed E-state index contributed by atoms with van der Waals surface area (Å²) < 4.78 is 34.6. The van der Waals surface area contributed by atoms with E-state index in [1.807, 2.05) is 31.2 Å². The molecule has 0 aliphatic carbocycles. The number of benzene rings is 3. The highest BCUT2D eigenvalue weighted by atomic mass is 19.1. The molecule has 3 aromatic rings. The standard InChI is InChI=1S/C23H21FO3/c1-16-2-7-18(8-3-16)22-12-9-20(24)14-19(22)15-27-21-10-4-17(5-11-21)6-13-23(25)26/h2-5,7-12,14H,6,13,15H2,1H3,(H,25,26)/i13D2. The van der Waals surface area contributed by atoms with Crippen LogP contribution in [0.4, 0.5) is 4.39 Å². The van der Waals surface area contributed by atoms with Gasteiger partial charge in [0.15, 0.2) is 0 Å². The zero-order valence-electron chi connectivity index (χ0n) is 16.9. The summed E-state index contributed by atoms with van der Waals surface area (Å²) >= 11 is 0. The maximum atomic E-state index is 13.8. The molecule has 138 valence electrons. The Morgan fingerprint density at radius 2 is 1.78 bits per heavy atom. The van der Waals surface area contributed by atoms with Gasteiger partial charge in [0, 0.05) is 9.11 Å². The summed E-state index contributed by atoms with van der Waals surface area (Å²) in [5.41, 5.74) is 4.26. The number of carboxylic acid groups (broad SMARTS) is 1. The summed E-state index contributed by atoms with van der Waals surface area (Å²) in [6.45, 7) is 2.17. The van der Waals surface area contributed by atoms with Crippen LogP contribution < -0.4 is 4.74 Å². The molecule has 0 amide bonds. The van der Waals surface area contributed by atoms with Crippen molar-refractivity contribution >= 4 is 5.97 Å². The average molecular weight is 366 g/mol. The van der Waals surface area contributed by atoms with Crippen molar-refractivity contribution < 1.29 is 21.8 Å². The number of aliphatic carboxylic acids is 1. The molecule has 0 saturated carbocycles. The summed E-state index contributed by atoms with van der Waals surface area (Å²) in [6, 6.07) is 19.1. The van der Waals surface area contributed by atoms with Crippen LogP contribution >= 0.6 is 0 Å². The third kappa shape index (κ3) is 5.17. The van der Waals surface area contributed by atoms with Crippen molar-refractivity contribution in [2.24, 2.45) is 0 Å². The molecule has 4 heteroatoms. The summed E-state index contributed by atoms with van der Waals surface area (Å²) in [5.74, 6) is -1.30. The van der Waals surface area contributed by atoms with Crippen molar-refractivity contribution in [1.29, 1.82) is 0 Å². The van der Waals surface area contributed by atoms with Crippen molar-refractivity contribution in [2.75, 3.05) is 0 Å². The molecule has 0 unspecified atom stereocenters. The van der Waals surface area contributed by atoms with E-state index in [1.54, 1.807) is 30.3 Å². The predicted octanol–water partition coefficient (Wildman–Crippen LogP) is 5.40. The molecule has 0 aromatic heterocycles. The van der Waals surface area contributed by atoms with Gasteiger partial charge >= 0.3 is 5.97 Å². The lowest BCUT2D eigenvalue weighted by Gasteiger charge is -2.12. The first-order valence-corrected chi connectivity index (χ1v) is 8.55. The molecule has 0 saturated heterocycles. The lowest BCUT2D eigenvalue weighted by atomic mass is 9.99. The second-order valence-electron chi connectivity index (χ2n) is 6.26.